The first-order valence-electron chi connectivity index (χ1n) is 18.2. The first kappa shape index (κ1) is 34.9. The highest BCUT2D eigenvalue weighted by Gasteiger charge is 2.39. The van der Waals surface area contributed by atoms with Gasteiger partial charge in [0.2, 0.25) is 11.8 Å². The molecule has 2 N–H and O–H groups in total. The summed E-state index contributed by atoms with van der Waals surface area (Å²) in [6, 6.07) is 13.4. The number of carbonyl (C=O) groups is 3. The van der Waals surface area contributed by atoms with Crippen LogP contribution >= 0.6 is 0 Å². The maximum absolute atomic E-state index is 15.2. The van der Waals surface area contributed by atoms with E-state index in [2.05, 4.69) is 44.7 Å². The van der Waals surface area contributed by atoms with E-state index < -0.39 is 17.6 Å². The summed E-state index contributed by atoms with van der Waals surface area (Å²) < 4.78 is 16.5. The third-order valence-electron chi connectivity index (χ3n) is 11.9. The van der Waals surface area contributed by atoms with E-state index in [1.54, 1.807) is 19.3 Å². The van der Waals surface area contributed by atoms with E-state index in [9.17, 15) is 19.2 Å². The molecule has 3 amide bonds. The summed E-state index contributed by atoms with van der Waals surface area (Å²) in [5.41, 5.74) is 4.62. The Balaban J connectivity index is 0.911. The van der Waals surface area contributed by atoms with Gasteiger partial charge in [-0.25, -0.2) is 9.07 Å². The van der Waals surface area contributed by atoms with Gasteiger partial charge >= 0.3 is 0 Å². The fraction of sp³-hybridized carbons (Fsp3) is 0.513. The van der Waals surface area contributed by atoms with Crippen molar-refractivity contribution in [2.75, 3.05) is 56.5 Å². The Kier molecular flexibility index (Phi) is 9.71. The molecule has 11 nitrogen and oxygen atoms in total. The molecule has 7 rings (SSSR count). The van der Waals surface area contributed by atoms with Gasteiger partial charge in [-0.05, 0) is 93.7 Å². The summed E-state index contributed by atoms with van der Waals surface area (Å²) in [4.78, 5) is 56.3. The third-order valence-corrected chi connectivity index (χ3v) is 11.9. The molecular formula is C39H48FN7O4. The van der Waals surface area contributed by atoms with Crippen LogP contribution in [0.1, 0.15) is 83.8 Å². The number of anilines is 2. The highest BCUT2D eigenvalue weighted by Crippen LogP contribution is 2.43. The van der Waals surface area contributed by atoms with Gasteiger partial charge in [-0.15, -0.1) is 0 Å². The van der Waals surface area contributed by atoms with Gasteiger partial charge in [-0.2, -0.15) is 5.10 Å². The van der Waals surface area contributed by atoms with Crippen LogP contribution in [0, 0.1) is 18.2 Å². The number of nitrogens with zero attached hydrogens (tertiary/aromatic N) is 5. The second-order valence-electron chi connectivity index (χ2n) is 15.2. The topological polar surface area (TPSA) is 120 Å². The molecule has 4 saturated heterocycles. The third kappa shape index (κ3) is 7.28. The zero-order chi connectivity index (χ0) is 35.9. The number of amides is 3. The molecule has 12 heteroatoms. The van der Waals surface area contributed by atoms with Crippen LogP contribution in [0.5, 0.6) is 0 Å². The first-order chi connectivity index (χ1) is 24.5. The lowest BCUT2D eigenvalue weighted by atomic mass is 9.71. The van der Waals surface area contributed by atoms with E-state index in [-0.39, 0.29) is 35.3 Å². The maximum Gasteiger partial charge on any atom is 0.271 e. The van der Waals surface area contributed by atoms with Crippen LogP contribution in [0.4, 0.5) is 15.8 Å². The summed E-state index contributed by atoms with van der Waals surface area (Å²) in [6.07, 6.45) is 7.08. The number of aryl methyl sites for hydroxylation is 1. The Hall–Kier alpha value is -4.58. The van der Waals surface area contributed by atoms with Gasteiger partial charge in [0.15, 0.2) is 0 Å². The fourth-order valence-electron chi connectivity index (χ4n) is 8.67. The summed E-state index contributed by atoms with van der Waals surface area (Å²) >= 11 is 0. The zero-order valence-corrected chi connectivity index (χ0v) is 29.8. The molecule has 0 bridgehead atoms. The van der Waals surface area contributed by atoms with Crippen molar-refractivity contribution in [1.29, 1.82) is 0 Å². The Morgan fingerprint density at radius 2 is 1.67 bits per heavy atom. The molecule has 51 heavy (non-hydrogen) atoms. The zero-order valence-electron chi connectivity index (χ0n) is 29.8. The SMILES string of the molecule is Cc1c(N[C@H]2C[C@@H](c3ccc(C(=O)N4CCC5(CC4)CCN(c4ccc(C6CCC(=O)NC6=O)c(F)c4)CC5)cc3)CN(C)C2)cnn(C)c1=O. The number of likely N-dealkylation sites (N-methyl/N-ethyl adjacent to an activating group) is 1. The van der Waals surface area contributed by atoms with Gasteiger partial charge in [0.05, 0.1) is 17.8 Å². The molecule has 3 aromatic rings. The van der Waals surface area contributed by atoms with E-state index in [1.807, 2.05) is 30.0 Å². The first-order valence-corrected chi connectivity index (χ1v) is 18.2. The number of piperidine rings is 4. The quantitative estimate of drug-likeness (QED) is 0.369. The Morgan fingerprint density at radius 3 is 2.35 bits per heavy atom. The van der Waals surface area contributed by atoms with Crippen LogP contribution < -0.4 is 21.1 Å². The van der Waals surface area contributed by atoms with Crippen molar-refractivity contribution in [1.82, 2.24) is 24.9 Å². The average molecular weight is 698 g/mol. The molecule has 1 aromatic heterocycles. The summed E-state index contributed by atoms with van der Waals surface area (Å²) in [6.45, 7) is 6.72. The average Bonchev–Trinajstić information content (AvgIpc) is 3.12. The molecule has 4 aliphatic heterocycles. The number of halogens is 1. The number of benzene rings is 2. The second-order valence-corrected chi connectivity index (χ2v) is 15.2. The largest absolute Gasteiger partial charge is 0.379 e. The molecule has 4 aliphatic rings. The molecule has 0 saturated carbocycles. The second kappa shape index (κ2) is 14.2. The molecule has 0 aliphatic carbocycles. The van der Waals surface area contributed by atoms with Gasteiger partial charge in [-0.1, -0.05) is 18.2 Å². The minimum absolute atomic E-state index is 0.0781. The van der Waals surface area contributed by atoms with E-state index in [0.29, 0.717) is 29.0 Å². The van der Waals surface area contributed by atoms with E-state index >= 15 is 4.39 Å². The fourth-order valence-corrected chi connectivity index (χ4v) is 8.67. The number of aromatic nitrogens is 2. The lowest BCUT2D eigenvalue weighted by Gasteiger charge is -2.47. The predicted octanol–water partition coefficient (Wildman–Crippen LogP) is 4.17. The molecule has 0 radical (unpaired) electrons. The van der Waals surface area contributed by atoms with Crippen molar-refractivity contribution in [2.45, 2.75) is 69.7 Å². The molecule has 1 unspecified atom stereocenters. The van der Waals surface area contributed by atoms with Crippen LogP contribution in [0.2, 0.25) is 0 Å². The van der Waals surface area contributed by atoms with Gasteiger partial charge in [-0.3, -0.25) is 24.5 Å². The lowest BCUT2D eigenvalue weighted by molar-refractivity contribution is -0.134. The molecular weight excluding hydrogens is 649 g/mol. The Morgan fingerprint density at radius 1 is 0.961 bits per heavy atom. The van der Waals surface area contributed by atoms with Crippen LogP contribution in [-0.2, 0) is 16.6 Å². The Labute approximate surface area is 298 Å². The molecule has 5 heterocycles. The smallest absolute Gasteiger partial charge is 0.271 e. The van der Waals surface area contributed by atoms with Crippen LogP contribution in [0.3, 0.4) is 0 Å². The van der Waals surface area contributed by atoms with Gasteiger partial charge in [0.1, 0.15) is 5.82 Å². The van der Waals surface area contributed by atoms with Crippen molar-refractivity contribution in [2.24, 2.45) is 12.5 Å². The van der Waals surface area contributed by atoms with E-state index in [4.69, 9.17) is 0 Å². The Bertz CT molecular complexity index is 1860. The minimum atomic E-state index is -0.635. The summed E-state index contributed by atoms with van der Waals surface area (Å²) in [5, 5.41) is 10.1. The normalized spacial score (nSPS) is 24.0. The number of hydrogen-bond acceptors (Lipinski definition) is 8. The summed E-state index contributed by atoms with van der Waals surface area (Å²) in [5.74, 6) is -1.40. The van der Waals surface area contributed by atoms with Crippen molar-refractivity contribution in [3.8, 4) is 0 Å². The lowest BCUT2D eigenvalue weighted by Crippen LogP contribution is -2.48. The number of imide groups is 1. The van der Waals surface area contributed by atoms with Crippen molar-refractivity contribution < 1.29 is 18.8 Å². The highest BCUT2D eigenvalue weighted by molar-refractivity contribution is 6.01. The number of rotatable bonds is 6. The molecule has 4 fully saturated rings. The van der Waals surface area contributed by atoms with Crippen LogP contribution in [0.25, 0.3) is 0 Å². The number of carbonyl (C=O) groups excluding carboxylic acids is 3. The van der Waals surface area contributed by atoms with Crippen molar-refractivity contribution in [3.05, 3.63) is 87.1 Å². The van der Waals surface area contributed by atoms with Crippen LogP contribution in [0.15, 0.2) is 53.5 Å². The monoisotopic (exact) mass is 697 g/mol. The van der Waals surface area contributed by atoms with Crippen LogP contribution in [-0.4, -0.2) is 89.7 Å². The minimum Gasteiger partial charge on any atom is -0.379 e. The van der Waals surface area contributed by atoms with Gasteiger partial charge < -0.3 is 20.0 Å². The van der Waals surface area contributed by atoms with E-state index in [1.165, 1.54) is 16.3 Å². The number of nitrogens with one attached hydrogen (secondary N) is 2. The molecule has 270 valence electrons. The van der Waals surface area contributed by atoms with Crippen molar-refractivity contribution in [3.63, 3.8) is 0 Å². The van der Waals surface area contributed by atoms with E-state index in [0.717, 1.165) is 82.7 Å². The van der Waals surface area contributed by atoms with Gasteiger partial charge in [0, 0.05) is 81.2 Å². The highest BCUT2D eigenvalue weighted by atomic mass is 19.1. The van der Waals surface area contributed by atoms with Crippen molar-refractivity contribution >= 4 is 29.1 Å². The number of likely N-dealkylation sites (tertiary alicyclic amines) is 2. The molecule has 3 atom stereocenters. The molecule has 2 aromatic carbocycles. The number of hydrogen-bond donors (Lipinski definition) is 2. The standard InChI is InChI=1S/C39H48FN7O4/c1-25-34(22-41-45(3)37(25)50)42-29-20-28(23-44(2)24-29)26-4-6-27(7-5-26)38(51)47-18-14-39(15-19-47)12-16-46(17-13-39)30-8-9-31(33(40)21-30)32-10-11-35(48)43-36(32)49/h4-9,21-22,28-29,32,42H,10-20,23-24H2,1-3H3,(H,43,48,49)/t28-,29+,32?/m1/s1. The summed E-state index contributed by atoms with van der Waals surface area (Å²) in [7, 11) is 3.77. The molecule has 1 spiro atoms. The van der Waals surface area contributed by atoms with Gasteiger partial charge in [0.25, 0.3) is 11.5 Å². The predicted molar refractivity (Wildman–Crippen MR) is 193 cm³/mol. The maximum atomic E-state index is 15.2.